The van der Waals surface area contributed by atoms with Crippen molar-refractivity contribution in [3.63, 3.8) is 0 Å². The quantitative estimate of drug-likeness (QED) is 0.559. The zero-order chi connectivity index (χ0) is 20.9. The van der Waals surface area contributed by atoms with Crippen molar-refractivity contribution in [3.05, 3.63) is 59.7 Å². The molecule has 1 fully saturated rings. The highest BCUT2D eigenvalue weighted by atomic mass is 16.6. The number of nitrogens with one attached hydrogen (secondary N) is 1. The van der Waals surface area contributed by atoms with E-state index in [1.54, 1.807) is 42.5 Å². The number of hydrogen-bond donors (Lipinski definition) is 1. The Hall–Kier alpha value is -3.48. The lowest BCUT2D eigenvalue weighted by molar-refractivity contribution is -0.151. The van der Waals surface area contributed by atoms with E-state index in [2.05, 4.69) is 5.32 Å². The molecule has 30 heavy (non-hydrogen) atoms. The third kappa shape index (κ3) is 4.74. The van der Waals surface area contributed by atoms with Crippen LogP contribution in [0.2, 0.25) is 0 Å². The molecule has 7 nitrogen and oxygen atoms in total. The summed E-state index contributed by atoms with van der Waals surface area (Å²) < 4.78 is 22.0. The summed E-state index contributed by atoms with van der Waals surface area (Å²) in [6.07, 6.45) is 3.77. The third-order valence-corrected chi connectivity index (χ3v) is 4.76. The predicted octanol–water partition coefficient (Wildman–Crippen LogP) is 3.04. The van der Waals surface area contributed by atoms with Gasteiger partial charge < -0.3 is 24.3 Å². The summed E-state index contributed by atoms with van der Waals surface area (Å²) in [4.78, 5) is 25.1. The van der Waals surface area contributed by atoms with Gasteiger partial charge in [0.05, 0.1) is 7.11 Å². The number of carbonyl (C=O) groups is 2. The normalized spacial score (nSPS) is 16.0. The minimum absolute atomic E-state index is 0.170. The summed E-state index contributed by atoms with van der Waals surface area (Å²) in [6, 6.07) is 12.6. The minimum Gasteiger partial charge on any atom is -0.493 e. The fourth-order valence-electron chi connectivity index (χ4n) is 3.11. The van der Waals surface area contributed by atoms with Crippen LogP contribution in [0.5, 0.6) is 17.2 Å². The van der Waals surface area contributed by atoms with Crippen LogP contribution in [0.15, 0.2) is 48.5 Å². The Labute approximate surface area is 174 Å². The molecule has 0 spiro atoms. The van der Waals surface area contributed by atoms with Crippen molar-refractivity contribution in [2.24, 2.45) is 0 Å². The molecule has 2 aromatic rings. The number of fused-ring (bicyclic) bond motifs is 1. The average molecular weight is 409 g/mol. The molecule has 2 aromatic carbocycles. The Kier molecular flexibility index (Phi) is 5.88. The molecule has 1 aliphatic carbocycles. The van der Waals surface area contributed by atoms with Crippen molar-refractivity contribution in [1.82, 2.24) is 5.32 Å². The van der Waals surface area contributed by atoms with Crippen molar-refractivity contribution >= 4 is 18.0 Å². The van der Waals surface area contributed by atoms with E-state index in [1.165, 1.54) is 13.2 Å². The molecule has 0 aromatic heterocycles. The van der Waals surface area contributed by atoms with E-state index >= 15 is 0 Å². The first kappa shape index (κ1) is 19.8. The molecule has 7 heteroatoms. The zero-order valence-corrected chi connectivity index (χ0v) is 16.6. The van der Waals surface area contributed by atoms with Crippen LogP contribution in [0.1, 0.15) is 30.1 Å². The van der Waals surface area contributed by atoms with Crippen molar-refractivity contribution in [3.8, 4) is 17.2 Å². The van der Waals surface area contributed by atoms with E-state index in [4.69, 9.17) is 18.9 Å². The molecule has 0 bridgehead atoms. The number of esters is 1. The second kappa shape index (κ2) is 8.90. The van der Waals surface area contributed by atoms with Crippen LogP contribution in [0.3, 0.4) is 0 Å². The summed E-state index contributed by atoms with van der Waals surface area (Å²) in [6.45, 7) is 0.898. The predicted molar refractivity (Wildman–Crippen MR) is 109 cm³/mol. The second-order valence-corrected chi connectivity index (χ2v) is 7.09. The van der Waals surface area contributed by atoms with E-state index < -0.39 is 12.1 Å². The SMILES string of the molecule is COc1cc(/C=C/C(=O)O[C@@H](C(=O)NC2CC2)c2ccccc2)cc2c1OCCO2. The summed E-state index contributed by atoms with van der Waals surface area (Å²) in [5.74, 6) is 0.685. The number of carbonyl (C=O) groups excluding carboxylic acids is 2. The Balaban J connectivity index is 1.49. The monoisotopic (exact) mass is 409 g/mol. The highest BCUT2D eigenvalue weighted by molar-refractivity contribution is 5.91. The molecule has 1 heterocycles. The molecular formula is C23H23NO6. The Morgan fingerprint density at radius 1 is 1.13 bits per heavy atom. The summed E-state index contributed by atoms with van der Waals surface area (Å²) >= 11 is 0. The van der Waals surface area contributed by atoms with E-state index in [0.29, 0.717) is 41.6 Å². The van der Waals surface area contributed by atoms with Gasteiger partial charge in [-0.1, -0.05) is 30.3 Å². The molecule has 1 saturated carbocycles. The van der Waals surface area contributed by atoms with Gasteiger partial charge in [0.25, 0.3) is 5.91 Å². The van der Waals surface area contributed by atoms with Gasteiger partial charge in [-0.3, -0.25) is 4.79 Å². The Morgan fingerprint density at radius 2 is 1.90 bits per heavy atom. The number of benzene rings is 2. The summed E-state index contributed by atoms with van der Waals surface area (Å²) in [5, 5.41) is 2.89. The maximum absolute atomic E-state index is 12.6. The lowest BCUT2D eigenvalue weighted by Crippen LogP contribution is -2.33. The minimum atomic E-state index is -1.00. The van der Waals surface area contributed by atoms with Crippen molar-refractivity contribution in [1.29, 1.82) is 0 Å². The molecule has 0 unspecified atom stereocenters. The molecule has 1 atom stereocenters. The van der Waals surface area contributed by atoms with Crippen molar-refractivity contribution in [2.45, 2.75) is 25.0 Å². The van der Waals surface area contributed by atoms with E-state index in [0.717, 1.165) is 12.8 Å². The smallest absolute Gasteiger partial charge is 0.331 e. The summed E-state index contributed by atoms with van der Waals surface area (Å²) in [7, 11) is 1.54. The average Bonchev–Trinajstić information content (AvgIpc) is 3.60. The highest BCUT2D eigenvalue weighted by Crippen LogP contribution is 2.40. The molecular weight excluding hydrogens is 386 g/mol. The molecule has 1 amide bonds. The van der Waals surface area contributed by atoms with Gasteiger partial charge in [0.1, 0.15) is 13.2 Å². The number of ether oxygens (including phenoxy) is 4. The largest absolute Gasteiger partial charge is 0.493 e. The number of hydrogen-bond acceptors (Lipinski definition) is 6. The fraction of sp³-hybridized carbons (Fsp3) is 0.304. The summed E-state index contributed by atoms with van der Waals surface area (Å²) in [5.41, 5.74) is 1.31. The van der Waals surface area contributed by atoms with Gasteiger partial charge in [-0.05, 0) is 36.6 Å². The van der Waals surface area contributed by atoms with E-state index in [1.807, 2.05) is 6.07 Å². The van der Waals surface area contributed by atoms with Gasteiger partial charge in [-0.2, -0.15) is 0 Å². The molecule has 4 rings (SSSR count). The van der Waals surface area contributed by atoms with Gasteiger partial charge in [0, 0.05) is 17.7 Å². The molecule has 0 radical (unpaired) electrons. The fourth-order valence-corrected chi connectivity index (χ4v) is 3.11. The van der Waals surface area contributed by atoms with Crippen LogP contribution in [0, 0.1) is 0 Å². The lowest BCUT2D eigenvalue weighted by atomic mass is 10.1. The van der Waals surface area contributed by atoms with Crippen LogP contribution in [-0.2, 0) is 14.3 Å². The van der Waals surface area contributed by atoms with Gasteiger partial charge in [-0.25, -0.2) is 4.79 Å². The first-order chi connectivity index (χ1) is 14.6. The molecule has 0 saturated heterocycles. The maximum atomic E-state index is 12.6. The van der Waals surface area contributed by atoms with E-state index in [9.17, 15) is 9.59 Å². The van der Waals surface area contributed by atoms with Gasteiger partial charge in [0.2, 0.25) is 11.9 Å². The molecule has 156 valence electrons. The third-order valence-electron chi connectivity index (χ3n) is 4.76. The van der Waals surface area contributed by atoms with Crippen LogP contribution in [0.4, 0.5) is 0 Å². The Morgan fingerprint density at radius 3 is 2.63 bits per heavy atom. The topological polar surface area (TPSA) is 83.1 Å². The van der Waals surface area contributed by atoms with E-state index in [-0.39, 0.29) is 11.9 Å². The molecule has 2 aliphatic rings. The van der Waals surface area contributed by atoms with Gasteiger partial charge >= 0.3 is 5.97 Å². The number of methoxy groups -OCH3 is 1. The highest BCUT2D eigenvalue weighted by Gasteiger charge is 2.30. The van der Waals surface area contributed by atoms with Gasteiger partial charge in [-0.15, -0.1) is 0 Å². The van der Waals surface area contributed by atoms with Crippen LogP contribution >= 0.6 is 0 Å². The van der Waals surface area contributed by atoms with Crippen LogP contribution in [0.25, 0.3) is 6.08 Å². The number of rotatable bonds is 7. The zero-order valence-electron chi connectivity index (χ0n) is 16.6. The van der Waals surface area contributed by atoms with Gasteiger partial charge in [0.15, 0.2) is 11.5 Å². The van der Waals surface area contributed by atoms with Crippen LogP contribution in [-0.4, -0.2) is 38.2 Å². The van der Waals surface area contributed by atoms with Crippen molar-refractivity contribution < 1.29 is 28.5 Å². The first-order valence-electron chi connectivity index (χ1n) is 9.85. The first-order valence-corrected chi connectivity index (χ1v) is 9.85. The lowest BCUT2D eigenvalue weighted by Gasteiger charge is -2.21. The molecule has 1 N–H and O–H groups in total. The number of amides is 1. The maximum Gasteiger partial charge on any atom is 0.331 e. The standard InChI is InChI=1S/C23H23NO6/c1-27-18-13-15(14-19-22(18)29-12-11-28-19)7-10-20(25)30-21(16-5-3-2-4-6-16)23(26)24-17-8-9-17/h2-7,10,13-14,17,21H,8-9,11-12H2,1H3,(H,24,26)/b10-7+/t21-/m1/s1. The Bertz CT molecular complexity index is 934. The van der Waals surface area contributed by atoms with Crippen molar-refractivity contribution in [2.75, 3.05) is 20.3 Å². The molecule has 1 aliphatic heterocycles. The van der Waals surface area contributed by atoms with Crippen LogP contribution < -0.4 is 19.5 Å². The second-order valence-electron chi connectivity index (χ2n) is 7.09.